The van der Waals surface area contributed by atoms with E-state index in [1.54, 1.807) is 13.4 Å². The van der Waals surface area contributed by atoms with Crippen molar-refractivity contribution in [2.24, 2.45) is 0 Å². The number of aromatic nitrogens is 1. The standard InChI is InChI=1S/C24H24N2O3S/c1-15-7-6-8-20-21(15)25-24(30-20)18-14-29-23-16(22(18)27)9-10-19(28-2)17(23)13-26-11-4-3-5-12-26/h6-10,14H,3-5,11-13H2,1-2H3. The molecule has 6 heteroatoms. The summed E-state index contributed by atoms with van der Waals surface area (Å²) < 4.78 is 12.8. The van der Waals surface area contributed by atoms with Crippen molar-refractivity contribution >= 4 is 32.5 Å². The molecule has 1 saturated heterocycles. The van der Waals surface area contributed by atoms with Crippen LogP contribution in [0.1, 0.15) is 30.4 Å². The second-order valence-corrected chi connectivity index (χ2v) is 8.91. The Labute approximate surface area is 178 Å². The quantitative estimate of drug-likeness (QED) is 0.444. The fraction of sp³-hybridized carbons (Fsp3) is 0.333. The molecule has 0 bridgehead atoms. The van der Waals surface area contributed by atoms with E-state index in [0.29, 0.717) is 21.5 Å². The number of likely N-dealkylation sites (tertiary alicyclic amines) is 1. The SMILES string of the molecule is COc1ccc2c(=O)c(-c3nc4c(C)cccc4s3)coc2c1CN1CCCCC1. The molecule has 2 aromatic carbocycles. The van der Waals surface area contributed by atoms with E-state index in [1.807, 2.05) is 37.3 Å². The smallest absolute Gasteiger partial charge is 0.202 e. The molecular formula is C24H24N2O3S. The highest BCUT2D eigenvalue weighted by atomic mass is 32.1. The van der Waals surface area contributed by atoms with Crippen molar-refractivity contribution in [1.82, 2.24) is 9.88 Å². The molecule has 4 aromatic rings. The number of fused-ring (bicyclic) bond motifs is 2. The van der Waals surface area contributed by atoms with Crippen molar-refractivity contribution < 1.29 is 9.15 Å². The summed E-state index contributed by atoms with van der Waals surface area (Å²) in [6, 6.07) is 9.77. The zero-order chi connectivity index (χ0) is 20.7. The fourth-order valence-electron chi connectivity index (χ4n) is 4.27. The number of methoxy groups -OCH3 is 1. The second kappa shape index (κ2) is 7.85. The summed E-state index contributed by atoms with van der Waals surface area (Å²) in [6.07, 6.45) is 5.26. The molecule has 5 nitrogen and oxygen atoms in total. The van der Waals surface area contributed by atoms with E-state index in [2.05, 4.69) is 4.90 Å². The maximum absolute atomic E-state index is 13.4. The van der Waals surface area contributed by atoms with Crippen molar-refractivity contribution in [3.8, 4) is 16.3 Å². The number of ether oxygens (including phenoxy) is 1. The van der Waals surface area contributed by atoms with Gasteiger partial charge in [0.05, 0.1) is 33.8 Å². The molecule has 0 aliphatic carbocycles. The van der Waals surface area contributed by atoms with Gasteiger partial charge in [-0.1, -0.05) is 18.6 Å². The van der Waals surface area contributed by atoms with Crippen molar-refractivity contribution in [3.05, 3.63) is 57.9 Å². The topological polar surface area (TPSA) is 55.6 Å². The largest absolute Gasteiger partial charge is 0.496 e. The van der Waals surface area contributed by atoms with Gasteiger partial charge in [0, 0.05) is 6.54 Å². The lowest BCUT2D eigenvalue weighted by atomic mass is 10.1. The van der Waals surface area contributed by atoms with Crippen molar-refractivity contribution in [3.63, 3.8) is 0 Å². The van der Waals surface area contributed by atoms with Gasteiger partial charge in [0.1, 0.15) is 22.6 Å². The second-order valence-electron chi connectivity index (χ2n) is 7.88. The summed E-state index contributed by atoms with van der Waals surface area (Å²) in [5.74, 6) is 0.764. The van der Waals surface area contributed by atoms with Crippen LogP contribution in [0.4, 0.5) is 0 Å². The molecule has 0 amide bonds. The molecule has 0 atom stereocenters. The first kappa shape index (κ1) is 19.3. The number of rotatable bonds is 4. The van der Waals surface area contributed by atoms with E-state index in [0.717, 1.165) is 46.7 Å². The first-order valence-electron chi connectivity index (χ1n) is 10.4. The van der Waals surface area contributed by atoms with E-state index in [-0.39, 0.29) is 5.43 Å². The van der Waals surface area contributed by atoms with E-state index < -0.39 is 0 Å². The van der Waals surface area contributed by atoms with Gasteiger partial charge in [0.2, 0.25) is 5.43 Å². The van der Waals surface area contributed by atoms with Crippen LogP contribution in [0.15, 0.2) is 45.8 Å². The maximum atomic E-state index is 13.4. The third kappa shape index (κ3) is 3.30. The average molecular weight is 421 g/mol. The average Bonchev–Trinajstić information content (AvgIpc) is 3.20. The number of thiazole rings is 1. The predicted octanol–water partition coefficient (Wildman–Crippen LogP) is 5.37. The molecule has 5 rings (SSSR count). The summed E-state index contributed by atoms with van der Waals surface area (Å²) in [5.41, 5.74) is 4.07. The summed E-state index contributed by atoms with van der Waals surface area (Å²) in [7, 11) is 1.66. The zero-order valence-corrected chi connectivity index (χ0v) is 18.1. The molecule has 1 fully saturated rings. The Morgan fingerprint density at radius 1 is 1.17 bits per heavy atom. The molecule has 0 spiro atoms. The third-order valence-electron chi connectivity index (χ3n) is 5.90. The van der Waals surface area contributed by atoms with Crippen molar-refractivity contribution in [2.45, 2.75) is 32.7 Å². The molecular weight excluding hydrogens is 396 g/mol. The Balaban J connectivity index is 1.63. The Kier molecular flexibility index (Phi) is 5.05. The minimum Gasteiger partial charge on any atom is -0.496 e. The van der Waals surface area contributed by atoms with Crippen LogP contribution in [0.25, 0.3) is 31.8 Å². The van der Waals surface area contributed by atoms with Crippen molar-refractivity contribution in [1.29, 1.82) is 0 Å². The Morgan fingerprint density at radius 2 is 2.00 bits per heavy atom. The molecule has 0 radical (unpaired) electrons. The predicted molar refractivity (Wildman–Crippen MR) is 122 cm³/mol. The Hall–Kier alpha value is -2.70. The van der Waals surface area contributed by atoms with E-state index in [9.17, 15) is 4.79 Å². The molecule has 0 saturated carbocycles. The Bertz CT molecular complexity index is 1290. The Morgan fingerprint density at radius 3 is 2.77 bits per heavy atom. The van der Waals surface area contributed by atoms with Crippen LogP contribution < -0.4 is 10.2 Å². The first-order valence-corrected chi connectivity index (χ1v) is 11.2. The number of benzene rings is 2. The zero-order valence-electron chi connectivity index (χ0n) is 17.2. The van der Waals surface area contributed by atoms with E-state index in [1.165, 1.54) is 30.6 Å². The minimum absolute atomic E-state index is 0.0458. The van der Waals surface area contributed by atoms with Crippen LogP contribution in [0.5, 0.6) is 5.75 Å². The normalized spacial score (nSPS) is 15.1. The van der Waals surface area contributed by atoms with Gasteiger partial charge in [-0.25, -0.2) is 4.98 Å². The fourth-order valence-corrected chi connectivity index (χ4v) is 5.32. The van der Waals surface area contributed by atoms with Crippen molar-refractivity contribution in [2.75, 3.05) is 20.2 Å². The summed E-state index contributed by atoms with van der Waals surface area (Å²) >= 11 is 1.52. The molecule has 0 unspecified atom stereocenters. The summed E-state index contributed by atoms with van der Waals surface area (Å²) in [5, 5.41) is 1.28. The molecule has 30 heavy (non-hydrogen) atoms. The van der Waals surface area contributed by atoms with Crippen LogP contribution in [0.3, 0.4) is 0 Å². The molecule has 2 aromatic heterocycles. The molecule has 1 aliphatic rings. The number of aryl methyl sites for hydroxylation is 1. The minimum atomic E-state index is -0.0458. The highest BCUT2D eigenvalue weighted by Gasteiger charge is 2.20. The van der Waals surface area contributed by atoms with Gasteiger partial charge in [-0.05, 0) is 56.6 Å². The lowest BCUT2D eigenvalue weighted by Gasteiger charge is -2.27. The van der Waals surface area contributed by atoms with E-state index >= 15 is 0 Å². The summed E-state index contributed by atoms with van der Waals surface area (Å²) in [4.78, 5) is 20.5. The highest BCUT2D eigenvalue weighted by Crippen LogP contribution is 2.33. The number of hydrogen-bond acceptors (Lipinski definition) is 6. The van der Waals surface area contributed by atoms with Crippen LogP contribution in [0, 0.1) is 6.92 Å². The van der Waals surface area contributed by atoms with Crippen LogP contribution >= 0.6 is 11.3 Å². The molecule has 154 valence electrons. The number of nitrogens with zero attached hydrogens (tertiary/aromatic N) is 2. The lowest BCUT2D eigenvalue weighted by Crippen LogP contribution is -2.29. The molecule has 0 N–H and O–H groups in total. The van der Waals surface area contributed by atoms with Gasteiger partial charge >= 0.3 is 0 Å². The van der Waals surface area contributed by atoms with Crippen LogP contribution in [-0.2, 0) is 6.54 Å². The molecule has 3 heterocycles. The monoisotopic (exact) mass is 420 g/mol. The maximum Gasteiger partial charge on any atom is 0.202 e. The number of para-hydroxylation sites is 1. The van der Waals surface area contributed by atoms with Crippen LogP contribution in [0.2, 0.25) is 0 Å². The third-order valence-corrected chi connectivity index (χ3v) is 6.96. The summed E-state index contributed by atoms with van der Waals surface area (Å²) in [6.45, 7) is 4.89. The molecule has 1 aliphatic heterocycles. The number of hydrogen-bond donors (Lipinski definition) is 0. The van der Waals surface area contributed by atoms with Gasteiger partial charge in [0.25, 0.3) is 0 Å². The van der Waals surface area contributed by atoms with Gasteiger partial charge < -0.3 is 9.15 Å². The van der Waals surface area contributed by atoms with Gasteiger partial charge in [-0.15, -0.1) is 11.3 Å². The lowest BCUT2D eigenvalue weighted by molar-refractivity contribution is 0.218. The first-order chi connectivity index (χ1) is 14.7. The number of piperidine rings is 1. The van der Waals surface area contributed by atoms with Gasteiger partial charge in [-0.3, -0.25) is 9.69 Å². The van der Waals surface area contributed by atoms with Gasteiger partial charge in [-0.2, -0.15) is 0 Å². The highest BCUT2D eigenvalue weighted by molar-refractivity contribution is 7.21. The van der Waals surface area contributed by atoms with Crippen LogP contribution in [-0.4, -0.2) is 30.1 Å². The van der Waals surface area contributed by atoms with E-state index in [4.69, 9.17) is 14.1 Å². The van der Waals surface area contributed by atoms with Gasteiger partial charge in [0.15, 0.2) is 0 Å².